The van der Waals surface area contributed by atoms with E-state index in [0.29, 0.717) is 22.3 Å². The molecular weight excluding hydrogens is 452 g/mol. The molecule has 162 valence electrons. The van der Waals surface area contributed by atoms with Crippen molar-refractivity contribution in [2.24, 2.45) is 0 Å². The summed E-state index contributed by atoms with van der Waals surface area (Å²) in [5.74, 6) is 0. The number of aryl methyl sites for hydroxylation is 2. The van der Waals surface area contributed by atoms with Crippen LogP contribution in [0.5, 0.6) is 0 Å². The molecule has 0 saturated heterocycles. The fourth-order valence-electron chi connectivity index (χ4n) is 3.83. The Morgan fingerprint density at radius 3 is 2.48 bits per heavy atom. The van der Waals surface area contributed by atoms with Gasteiger partial charge in [-0.1, -0.05) is 30.3 Å². The highest BCUT2D eigenvalue weighted by Crippen LogP contribution is 2.38. The first kappa shape index (κ1) is 21.1. The molecule has 2 aromatic carbocycles. The van der Waals surface area contributed by atoms with E-state index in [1.165, 1.54) is 15.3 Å². The number of thiazole rings is 1. The predicted octanol–water partition coefficient (Wildman–Crippen LogP) is 5.55. The van der Waals surface area contributed by atoms with Crippen LogP contribution in [0.25, 0.3) is 32.7 Å². The molecule has 0 radical (unpaired) electrons. The highest BCUT2D eigenvalue weighted by Gasteiger charge is 2.26. The molecule has 0 spiro atoms. The van der Waals surface area contributed by atoms with Gasteiger partial charge in [0.15, 0.2) is 5.65 Å². The zero-order valence-electron chi connectivity index (χ0n) is 17.9. The summed E-state index contributed by atoms with van der Waals surface area (Å²) in [7, 11) is -3.93. The van der Waals surface area contributed by atoms with E-state index in [4.69, 9.17) is 0 Å². The van der Waals surface area contributed by atoms with Gasteiger partial charge >= 0.3 is 0 Å². The lowest BCUT2D eigenvalue weighted by atomic mass is 9.99. The van der Waals surface area contributed by atoms with E-state index >= 15 is 0 Å². The third-order valence-electron chi connectivity index (χ3n) is 5.49. The minimum absolute atomic E-state index is 0.180. The van der Waals surface area contributed by atoms with Gasteiger partial charge < -0.3 is 0 Å². The second kappa shape index (κ2) is 7.96. The van der Waals surface area contributed by atoms with E-state index in [0.717, 1.165) is 26.6 Å². The number of nitriles is 1. The van der Waals surface area contributed by atoms with Gasteiger partial charge in [0.2, 0.25) is 0 Å². The maximum atomic E-state index is 13.8. The number of fused-ring (bicyclic) bond motifs is 1. The molecule has 0 aliphatic heterocycles. The zero-order valence-corrected chi connectivity index (χ0v) is 19.5. The Bertz CT molecular complexity index is 1660. The topological polar surface area (TPSA) is 88.6 Å². The lowest BCUT2D eigenvalue weighted by Crippen LogP contribution is -2.14. The highest BCUT2D eigenvalue weighted by atomic mass is 32.2. The van der Waals surface area contributed by atoms with E-state index in [-0.39, 0.29) is 4.90 Å². The second-order valence-corrected chi connectivity index (χ2v) is 10.6. The van der Waals surface area contributed by atoms with Crippen LogP contribution in [0.2, 0.25) is 0 Å². The van der Waals surface area contributed by atoms with Crippen LogP contribution >= 0.6 is 11.3 Å². The maximum Gasteiger partial charge on any atom is 0.269 e. The molecule has 0 saturated carbocycles. The van der Waals surface area contributed by atoms with Gasteiger partial charge in [-0.15, -0.1) is 11.3 Å². The number of aromatic nitrogens is 3. The number of hydrogen-bond donors (Lipinski definition) is 0. The molecule has 0 fully saturated rings. The highest BCUT2D eigenvalue weighted by molar-refractivity contribution is 7.90. The van der Waals surface area contributed by atoms with Crippen molar-refractivity contribution in [2.75, 3.05) is 0 Å². The van der Waals surface area contributed by atoms with Crippen molar-refractivity contribution in [3.63, 3.8) is 0 Å². The summed E-state index contributed by atoms with van der Waals surface area (Å²) in [5, 5.41) is 11.0. The first-order valence-electron chi connectivity index (χ1n) is 10.1. The molecule has 0 atom stereocenters. The van der Waals surface area contributed by atoms with Crippen LogP contribution in [-0.2, 0) is 10.0 Å². The number of hydrogen-bond acceptors (Lipinski definition) is 6. The van der Waals surface area contributed by atoms with Crippen LogP contribution in [0.1, 0.15) is 16.1 Å². The zero-order chi connectivity index (χ0) is 23.2. The van der Waals surface area contributed by atoms with Gasteiger partial charge in [0.05, 0.1) is 32.1 Å². The minimum atomic E-state index is -3.93. The van der Waals surface area contributed by atoms with Crippen molar-refractivity contribution in [3.05, 3.63) is 89.2 Å². The van der Waals surface area contributed by atoms with E-state index in [1.54, 1.807) is 42.7 Å². The summed E-state index contributed by atoms with van der Waals surface area (Å²) < 4.78 is 28.8. The average Bonchev–Trinajstić information content (AvgIpc) is 3.43. The van der Waals surface area contributed by atoms with Crippen LogP contribution in [0.15, 0.2) is 78.0 Å². The Balaban J connectivity index is 1.85. The van der Waals surface area contributed by atoms with E-state index in [2.05, 4.69) is 16.0 Å². The third kappa shape index (κ3) is 3.52. The number of rotatable bonds is 4. The second-order valence-electron chi connectivity index (χ2n) is 7.59. The summed E-state index contributed by atoms with van der Waals surface area (Å²) in [4.78, 5) is 9.71. The Morgan fingerprint density at radius 2 is 1.79 bits per heavy atom. The normalized spacial score (nSPS) is 11.5. The smallest absolute Gasteiger partial charge is 0.249 e. The Hall–Kier alpha value is -3.80. The van der Waals surface area contributed by atoms with E-state index in [9.17, 15) is 13.7 Å². The van der Waals surface area contributed by atoms with Crippen molar-refractivity contribution < 1.29 is 8.42 Å². The van der Waals surface area contributed by atoms with Crippen LogP contribution < -0.4 is 0 Å². The van der Waals surface area contributed by atoms with Gasteiger partial charge in [-0.3, -0.25) is 0 Å². The van der Waals surface area contributed by atoms with Gasteiger partial charge in [0.25, 0.3) is 10.0 Å². The molecule has 0 unspecified atom stereocenters. The summed E-state index contributed by atoms with van der Waals surface area (Å²) in [6.45, 7) is 3.77. The molecule has 6 nitrogen and oxygen atoms in total. The van der Waals surface area contributed by atoms with E-state index in [1.807, 2.05) is 44.2 Å². The van der Waals surface area contributed by atoms with Gasteiger partial charge in [0, 0.05) is 17.8 Å². The molecule has 8 heteroatoms. The molecule has 0 amide bonds. The molecule has 3 aromatic heterocycles. The molecule has 0 N–H and O–H groups in total. The van der Waals surface area contributed by atoms with Crippen molar-refractivity contribution in [1.82, 2.24) is 13.9 Å². The minimum Gasteiger partial charge on any atom is -0.249 e. The van der Waals surface area contributed by atoms with E-state index < -0.39 is 10.0 Å². The molecular formula is C25H18N4O2S2. The molecule has 0 aliphatic carbocycles. The van der Waals surface area contributed by atoms with Gasteiger partial charge in [0.1, 0.15) is 0 Å². The van der Waals surface area contributed by atoms with Crippen LogP contribution in [0, 0.1) is 25.2 Å². The number of nitrogens with zero attached hydrogens (tertiary/aromatic N) is 4. The van der Waals surface area contributed by atoms with Gasteiger partial charge in [-0.2, -0.15) is 5.26 Å². The first-order valence-corrected chi connectivity index (χ1v) is 12.4. The Kier molecular flexibility index (Phi) is 5.08. The lowest BCUT2D eigenvalue weighted by molar-refractivity contribution is 0.589. The van der Waals surface area contributed by atoms with Crippen molar-refractivity contribution in [3.8, 4) is 27.8 Å². The largest absolute Gasteiger partial charge is 0.269 e. The van der Waals surface area contributed by atoms with Crippen molar-refractivity contribution in [1.29, 1.82) is 5.26 Å². The maximum absolute atomic E-state index is 13.8. The van der Waals surface area contributed by atoms with Crippen LogP contribution in [-0.4, -0.2) is 22.4 Å². The number of pyridine rings is 1. The lowest BCUT2D eigenvalue weighted by Gasteiger charge is -2.11. The fourth-order valence-corrected chi connectivity index (χ4v) is 6.17. The summed E-state index contributed by atoms with van der Waals surface area (Å²) >= 11 is 1.42. The Morgan fingerprint density at radius 1 is 1.00 bits per heavy atom. The molecule has 0 aliphatic rings. The van der Waals surface area contributed by atoms with Crippen molar-refractivity contribution >= 4 is 32.4 Å². The third-order valence-corrected chi connectivity index (χ3v) is 8.14. The van der Waals surface area contributed by atoms with Gasteiger partial charge in [-0.05, 0) is 60.9 Å². The quantitative estimate of drug-likeness (QED) is 0.343. The van der Waals surface area contributed by atoms with Crippen LogP contribution in [0.3, 0.4) is 0 Å². The standard InChI is InChI=1S/C25H18N4O2S2/c1-16-8-9-18(12-19(16)14-26)21-10-11-27-25-22(21)13-23(24-15-28-17(2)32-24)29(25)33(30,31)20-6-4-3-5-7-20/h3-13,15H,1-2H3. The fraction of sp³-hybridized carbons (Fsp3) is 0.0800. The molecule has 5 aromatic rings. The Labute approximate surface area is 195 Å². The molecule has 5 rings (SSSR count). The average molecular weight is 471 g/mol. The summed E-state index contributed by atoms with van der Waals surface area (Å²) in [6.07, 6.45) is 3.28. The number of benzene rings is 2. The first-order chi connectivity index (χ1) is 15.9. The summed E-state index contributed by atoms with van der Waals surface area (Å²) in [5.41, 5.74) is 3.93. The summed E-state index contributed by atoms with van der Waals surface area (Å²) in [6, 6.07) is 19.9. The molecule has 3 heterocycles. The van der Waals surface area contributed by atoms with Gasteiger partial charge in [-0.25, -0.2) is 22.4 Å². The molecule has 0 bridgehead atoms. The predicted molar refractivity (Wildman–Crippen MR) is 129 cm³/mol. The van der Waals surface area contributed by atoms with Crippen LogP contribution in [0.4, 0.5) is 0 Å². The van der Waals surface area contributed by atoms with Crippen molar-refractivity contribution in [2.45, 2.75) is 18.7 Å². The monoisotopic (exact) mass is 470 g/mol. The molecule has 33 heavy (non-hydrogen) atoms. The SMILES string of the molecule is Cc1ncc(-c2cc3c(-c4ccc(C)c(C#N)c4)ccnc3n2S(=O)(=O)c2ccccc2)s1.